The molecule has 0 saturated heterocycles. The molecule has 0 fully saturated rings. The molecule has 0 aliphatic rings. The summed E-state index contributed by atoms with van der Waals surface area (Å²) < 4.78 is 19.5. The first-order chi connectivity index (χ1) is 3.68. The first-order valence-corrected chi connectivity index (χ1v) is 4.81. The fourth-order valence-corrected chi connectivity index (χ4v) is 0.998. The summed E-state index contributed by atoms with van der Waals surface area (Å²) in [7, 11) is 2.56. The molecule has 0 rings (SSSR count). The summed E-state index contributed by atoms with van der Waals surface area (Å²) in [6.07, 6.45) is 0. The van der Waals surface area contributed by atoms with Crippen LogP contribution in [-0.4, -0.2) is 14.2 Å². The molecule has 0 heterocycles. The molecule has 0 saturated carbocycles. The Kier molecular flexibility index (Phi) is 3.68. The first-order valence-electron chi connectivity index (χ1n) is 1.78. The molecule has 0 radical (unpaired) electrons. The molecule has 0 bridgehead atoms. The molecule has 6 heteroatoms. The van der Waals surface area contributed by atoms with Gasteiger partial charge in [0.15, 0.2) is 0 Å². The van der Waals surface area contributed by atoms with Crippen molar-refractivity contribution in [2.75, 3.05) is 14.2 Å². The molecular formula is C2H8NO3PS. The molecule has 0 amide bonds. The van der Waals surface area contributed by atoms with Crippen molar-refractivity contribution in [1.82, 2.24) is 0 Å². The highest BCUT2D eigenvalue weighted by atomic mass is 32.7. The minimum atomic E-state index is -2.97. The molecule has 0 aliphatic carbocycles. The van der Waals surface area contributed by atoms with Crippen LogP contribution < -0.4 is 5.14 Å². The third-order valence-electron chi connectivity index (χ3n) is 0.576. The van der Waals surface area contributed by atoms with E-state index in [-0.39, 0.29) is 0 Å². The Morgan fingerprint density at radius 3 is 1.88 bits per heavy atom. The van der Waals surface area contributed by atoms with Gasteiger partial charge >= 0.3 is 6.80 Å². The summed E-state index contributed by atoms with van der Waals surface area (Å²) in [5.74, 6) is 0. The molecule has 2 N–H and O–H groups in total. The predicted molar refractivity (Wildman–Crippen MR) is 33.4 cm³/mol. The van der Waals surface area contributed by atoms with E-state index >= 15 is 0 Å². The SMILES string of the molecule is COP(=O)(OC)SN. The maximum absolute atomic E-state index is 10.7. The van der Waals surface area contributed by atoms with Crippen molar-refractivity contribution in [2.45, 2.75) is 0 Å². The summed E-state index contributed by atoms with van der Waals surface area (Å²) in [6.45, 7) is -2.97. The monoisotopic (exact) mass is 157 g/mol. The smallest absolute Gasteiger partial charge is 0.303 e. The zero-order valence-corrected chi connectivity index (χ0v) is 6.37. The van der Waals surface area contributed by atoms with E-state index in [1.54, 1.807) is 0 Å². The Labute approximate surface area is 52.1 Å². The maximum atomic E-state index is 10.7. The Morgan fingerprint density at radius 2 is 1.88 bits per heavy atom. The fraction of sp³-hybridized carbons (Fsp3) is 1.00. The van der Waals surface area contributed by atoms with Gasteiger partial charge in [-0.2, -0.15) is 0 Å². The van der Waals surface area contributed by atoms with E-state index in [4.69, 9.17) is 5.14 Å². The standard InChI is InChI=1S/C2H8NO3PS/c1-5-7(4,6-2)8-3/h3H2,1-2H3. The van der Waals surface area contributed by atoms with E-state index in [2.05, 4.69) is 9.05 Å². The molecule has 50 valence electrons. The van der Waals surface area contributed by atoms with Gasteiger partial charge in [-0.3, -0.25) is 5.14 Å². The van der Waals surface area contributed by atoms with Crippen molar-refractivity contribution >= 4 is 18.4 Å². The Hall–Kier alpha value is 0.460. The lowest BCUT2D eigenvalue weighted by molar-refractivity contribution is 0.295. The number of hydrogen-bond donors (Lipinski definition) is 1. The van der Waals surface area contributed by atoms with E-state index in [1.165, 1.54) is 14.2 Å². The summed E-state index contributed by atoms with van der Waals surface area (Å²) in [5.41, 5.74) is 0. The molecule has 0 atom stereocenters. The highest BCUT2D eigenvalue weighted by Gasteiger charge is 2.18. The van der Waals surface area contributed by atoms with Gasteiger partial charge in [-0.05, 0) is 0 Å². The van der Waals surface area contributed by atoms with Crippen LogP contribution in [0.15, 0.2) is 0 Å². The number of hydrogen-bond acceptors (Lipinski definition) is 5. The zero-order valence-electron chi connectivity index (χ0n) is 4.66. The molecule has 4 nitrogen and oxygen atoms in total. The van der Waals surface area contributed by atoms with Gasteiger partial charge in [0.2, 0.25) is 0 Å². The second-order valence-electron chi connectivity index (χ2n) is 0.918. The lowest BCUT2D eigenvalue weighted by Crippen LogP contribution is -1.86. The van der Waals surface area contributed by atoms with Crippen LogP contribution in [0.4, 0.5) is 0 Å². The van der Waals surface area contributed by atoms with E-state index in [9.17, 15) is 4.57 Å². The van der Waals surface area contributed by atoms with Crippen LogP contribution in [0.2, 0.25) is 0 Å². The minimum Gasteiger partial charge on any atom is -0.303 e. The number of rotatable bonds is 3. The Morgan fingerprint density at radius 1 is 1.50 bits per heavy atom. The summed E-state index contributed by atoms with van der Waals surface area (Å²) in [6, 6.07) is 0. The topological polar surface area (TPSA) is 61.5 Å². The highest BCUT2D eigenvalue weighted by Crippen LogP contribution is 2.55. The van der Waals surface area contributed by atoms with Crippen LogP contribution >= 0.6 is 18.4 Å². The lowest BCUT2D eigenvalue weighted by atomic mass is 11.8. The van der Waals surface area contributed by atoms with Crippen molar-refractivity contribution in [3.8, 4) is 0 Å². The molecule has 0 aromatic rings. The lowest BCUT2D eigenvalue weighted by Gasteiger charge is -2.07. The Bertz CT molecular complexity index is 88.4. The predicted octanol–water partition coefficient (Wildman–Crippen LogP) is 0.994. The fourth-order valence-electron chi connectivity index (χ4n) is 0.161. The third-order valence-corrected chi connectivity index (χ3v) is 3.40. The molecule has 0 unspecified atom stereocenters. The first kappa shape index (κ1) is 8.46. The van der Waals surface area contributed by atoms with Crippen molar-refractivity contribution in [3.05, 3.63) is 0 Å². The zero-order chi connectivity index (χ0) is 6.62. The minimum absolute atomic E-state index is 0.583. The van der Waals surface area contributed by atoms with Gasteiger partial charge in [-0.25, -0.2) is 4.57 Å². The molecule has 0 aromatic heterocycles. The highest BCUT2D eigenvalue weighted by molar-refractivity contribution is 8.53. The van der Waals surface area contributed by atoms with Crippen molar-refractivity contribution in [3.63, 3.8) is 0 Å². The second-order valence-corrected chi connectivity index (χ2v) is 4.73. The van der Waals surface area contributed by atoms with Crippen LogP contribution in [0.3, 0.4) is 0 Å². The van der Waals surface area contributed by atoms with E-state index in [0.29, 0.717) is 11.6 Å². The van der Waals surface area contributed by atoms with Crippen LogP contribution in [-0.2, 0) is 13.6 Å². The van der Waals surface area contributed by atoms with Gasteiger partial charge < -0.3 is 9.05 Å². The number of nitrogens with two attached hydrogens (primary N) is 1. The van der Waals surface area contributed by atoms with Crippen molar-refractivity contribution < 1.29 is 13.6 Å². The van der Waals surface area contributed by atoms with Gasteiger partial charge in [0, 0.05) is 25.8 Å². The van der Waals surface area contributed by atoms with Crippen molar-refractivity contribution in [1.29, 1.82) is 0 Å². The second kappa shape index (κ2) is 3.48. The van der Waals surface area contributed by atoms with Crippen molar-refractivity contribution in [2.24, 2.45) is 5.14 Å². The molecular weight excluding hydrogens is 149 g/mol. The Balaban J connectivity index is 3.79. The van der Waals surface area contributed by atoms with E-state index in [1.807, 2.05) is 0 Å². The molecule has 8 heavy (non-hydrogen) atoms. The van der Waals surface area contributed by atoms with Gasteiger partial charge in [0.1, 0.15) is 0 Å². The normalized spacial score (nSPS) is 11.9. The average molecular weight is 157 g/mol. The molecule has 0 aromatic carbocycles. The van der Waals surface area contributed by atoms with Crippen LogP contribution in [0.5, 0.6) is 0 Å². The average Bonchev–Trinajstić information content (AvgIpc) is 1.87. The third kappa shape index (κ3) is 2.15. The van der Waals surface area contributed by atoms with Crippen LogP contribution in [0.1, 0.15) is 0 Å². The van der Waals surface area contributed by atoms with Gasteiger partial charge in [0.05, 0.1) is 0 Å². The van der Waals surface area contributed by atoms with Gasteiger partial charge in [-0.1, -0.05) is 0 Å². The summed E-state index contributed by atoms with van der Waals surface area (Å²) in [5, 5.41) is 4.93. The van der Waals surface area contributed by atoms with Crippen LogP contribution in [0.25, 0.3) is 0 Å². The summed E-state index contributed by atoms with van der Waals surface area (Å²) in [4.78, 5) is 0. The van der Waals surface area contributed by atoms with E-state index in [0.717, 1.165) is 0 Å². The van der Waals surface area contributed by atoms with Crippen LogP contribution in [0, 0.1) is 0 Å². The summed E-state index contributed by atoms with van der Waals surface area (Å²) >= 11 is 0.583. The quantitative estimate of drug-likeness (QED) is 0.489. The van der Waals surface area contributed by atoms with Gasteiger partial charge in [0.25, 0.3) is 0 Å². The molecule has 0 aliphatic heterocycles. The van der Waals surface area contributed by atoms with Gasteiger partial charge in [-0.15, -0.1) is 0 Å². The molecule has 0 spiro atoms. The van der Waals surface area contributed by atoms with E-state index < -0.39 is 6.80 Å². The largest absolute Gasteiger partial charge is 0.403 e. The maximum Gasteiger partial charge on any atom is 0.403 e.